The Morgan fingerprint density at radius 1 is 1.29 bits per heavy atom. The first-order valence-corrected chi connectivity index (χ1v) is 7.33. The summed E-state index contributed by atoms with van der Waals surface area (Å²) in [4.78, 5) is 0. The summed E-state index contributed by atoms with van der Waals surface area (Å²) in [6.45, 7) is 1.83. The monoisotopic (exact) mass is 295 g/mol. The van der Waals surface area contributed by atoms with Gasteiger partial charge in [-0.2, -0.15) is 17.5 Å². The SMILES string of the molecule is CC(C)CCS(=O)(=O)N(CCCl)CC(F)(F)F. The Hall–Kier alpha value is -0.0100. The molecule has 17 heavy (non-hydrogen) atoms. The van der Waals surface area contributed by atoms with E-state index in [1.54, 1.807) is 0 Å². The summed E-state index contributed by atoms with van der Waals surface area (Å²) in [5, 5.41) is 0. The Morgan fingerprint density at radius 3 is 2.18 bits per heavy atom. The van der Waals surface area contributed by atoms with Crippen LogP contribution in [0.25, 0.3) is 0 Å². The molecule has 3 nitrogen and oxygen atoms in total. The van der Waals surface area contributed by atoms with E-state index < -0.39 is 22.7 Å². The molecule has 0 aromatic carbocycles. The molecular formula is C9H17ClF3NO2S. The van der Waals surface area contributed by atoms with Gasteiger partial charge in [-0.1, -0.05) is 13.8 Å². The van der Waals surface area contributed by atoms with Gasteiger partial charge < -0.3 is 0 Å². The highest BCUT2D eigenvalue weighted by Crippen LogP contribution is 2.19. The summed E-state index contributed by atoms with van der Waals surface area (Å²) in [6.07, 6.45) is -4.21. The van der Waals surface area contributed by atoms with E-state index in [4.69, 9.17) is 11.6 Å². The van der Waals surface area contributed by atoms with Gasteiger partial charge in [0.15, 0.2) is 0 Å². The zero-order chi connectivity index (χ0) is 13.7. The highest BCUT2D eigenvalue weighted by Gasteiger charge is 2.35. The minimum Gasteiger partial charge on any atom is -0.212 e. The highest BCUT2D eigenvalue weighted by molar-refractivity contribution is 7.89. The van der Waals surface area contributed by atoms with Crippen molar-refractivity contribution in [3.8, 4) is 0 Å². The number of hydrogen-bond acceptors (Lipinski definition) is 2. The van der Waals surface area contributed by atoms with Crippen LogP contribution >= 0.6 is 11.6 Å². The zero-order valence-corrected chi connectivity index (χ0v) is 11.4. The molecule has 0 radical (unpaired) electrons. The lowest BCUT2D eigenvalue weighted by Gasteiger charge is -2.22. The van der Waals surface area contributed by atoms with Crippen LogP contribution in [0, 0.1) is 5.92 Å². The molecule has 0 aromatic heterocycles. The van der Waals surface area contributed by atoms with Crippen LogP contribution in [0.3, 0.4) is 0 Å². The lowest BCUT2D eigenvalue weighted by molar-refractivity contribution is -0.135. The van der Waals surface area contributed by atoms with Crippen molar-refractivity contribution in [2.24, 2.45) is 5.92 Å². The number of sulfonamides is 1. The molecule has 8 heteroatoms. The summed E-state index contributed by atoms with van der Waals surface area (Å²) in [5.74, 6) is -0.317. The van der Waals surface area contributed by atoms with Crippen LogP contribution in [0.2, 0.25) is 0 Å². The van der Waals surface area contributed by atoms with Crippen molar-refractivity contribution >= 4 is 21.6 Å². The molecule has 0 aliphatic carbocycles. The van der Waals surface area contributed by atoms with Crippen LogP contribution in [-0.2, 0) is 10.0 Å². The van der Waals surface area contributed by atoms with E-state index in [9.17, 15) is 21.6 Å². The predicted octanol–water partition coefficient (Wildman–Crippen LogP) is 2.47. The number of hydrogen-bond donors (Lipinski definition) is 0. The van der Waals surface area contributed by atoms with Gasteiger partial charge in [-0.25, -0.2) is 8.42 Å². The van der Waals surface area contributed by atoms with Gasteiger partial charge in [0.25, 0.3) is 0 Å². The van der Waals surface area contributed by atoms with Crippen LogP contribution in [0.4, 0.5) is 13.2 Å². The second kappa shape index (κ2) is 6.80. The summed E-state index contributed by atoms with van der Waals surface area (Å²) in [5.41, 5.74) is 0. The Balaban J connectivity index is 4.67. The molecule has 0 fully saturated rings. The molecule has 0 amide bonds. The molecular weight excluding hydrogens is 279 g/mol. The van der Waals surface area contributed by atoms with E-state index in [0.29, 0.717) is 10.7 Å². The van der Waals surface area contributed by atoms with Crippen molar-refractivity contribution in [2.75, 3.05) is 24.7 Å². The number of halogens is 4. The van der Waals surface area contributed by atoms with E-state index in [1.807, 2.05) is 13.8 Å². The second-order valence-electron chi connectivity index (χ2n) is 4.14. The first-order valence-electron chi connectivity index (χ1n) is 5.19. The minimum absolute atomic E-state index is 0.119. The van der Waals surface area contributed by atoms with Gasteiger partial charge >= 0.3 is 6.18 Å². The van der Waals surface area contributed by atoms with Crippen LogP contribution in [0.1, 0.15) is 20.3 Å². The molecule has 0 rings (SSSR count). The maximum absolute atomic E-state index is 12.2. The van der Waals surface area contributed by atoms with Gasteiger partial charge in [0.05, 0.1) is 5.75 Å². The average molecular weight is 296 g/mol. The zero-order valence-electron chi connectivity index (χ0n) is 9.80. The smallest absolute Gasteiger partial charge is 0.212 e. The topological polar surface area (TPSA) is 37.4 Å². The quantitative estimate of drug-likeness (QED) is 0.677. The first-order chi connectivity index (χ1) is 7.58. The van der Waals surface area contributed by atoms with Crippen molar-refractivity contribution in [2.45, 2.75) is 26.4 Å². The first kappa shape index (κ1) is 17.0. The van der Waals surface area contributed by atoms with Crippen molar-refractivity contribution in [1.82, 2.24) is 4.31 Å². The Morgan fingerprint density at radius 2 is 1.82 bits per heavy atom. The third kappa shape index (κ3) is 7.83. The number of alkyl halides is 4. The van der Waals surface area contributed by atoms with Gasteiger partial charge in [-0.3, -0.25) is 0 Å². The molecule has 0 atom stereocenters. The average Bonchev–Trinajstić information content (AvgIpc) is 2.12. The van der Waals surface area contributed by atoms with Crippen molar-refractivity contribution < 1.29 is 21.6 Å². The molecule has 0 N–H and O–H groups in total. The van der Waals surface area contributed by atoms with Gasteiger partial charge in [-0.05, 0) is 12.3 Å². The Bertz CT molecular complexity index is 317. The van der Waals surface area contributed by atoms with E-state index in [1.165, 1.54) is 0 Å². The van der Waals surface area contributed by atoms with E-state index in [0.717, 1.165) is 0 Å². The molecule has 0 bridgehead atoms. The predicted molar refractivity (Wildman–Crippen MR) is 61.6 cm³/mol. The lowest BCUT2D eigenvalue weighted by Crippen LogP contribution is -2.41. The third-order valence-corrected chi connectivity index (χ3v) is 4.06. The van der Waals surface area contributed by atoms with Crippen LogP contribution in [-0.4, -0.2) is 43.6 Å². The standard InChI is InChI=1S/C9H17ClF3NO2S/c1-8(2)3-6-17(15,16)14(5-4-10)7-9(11,12)13/h8H,3-7H2,1-2H3. The van der Waals surface area contributed by atoms with Crippen molar-refractivity contribution in [1.29, 1.82) is 0 Å². The molecule has 0 saturated carbocycles. The molecule has 0 aliphatic rings. The van der Waals surface area contributed by atoms with Crippen LogP contribution in [0.5, 0.6) is 0 Å². The van der Waals surface area contributed by atoms with Gasteiger partial charge in [-0.15, -0.1) is 11.6 Å². The summed E-state index contributed by atoms with van der Waals surface area (Å²) in [6, 6.07) is 0. The maximum atomic E-state index is 12.2. The fourth-order valence-electron chi connectivity index (χ4n) is 1.12. The molecule has 104 valence electrons. The van der Waals surface area contributed by atoms with E-state index in [-0.39, 0.29) is 24.1 Å². The maximum Gasteiger partial charge on any atom is 0.402 e. The molecule has 0 unspecified atom stereocenters. The van der Waals surface area contributed by atoms with Crippen molar-refractivity contribution in [3.05, 3.63) is 0 Å². The third-order valence-electron chi connectivity index (χ3n) is 2.04. The van der Waals surface area contributed by atoms with Crippen LogP contribution < -0.4 is 0 Å². The fourth-order valence-corrected chi connectivity index (χ4v) is 3.17. The van der Waals surface area contributed by atoms with E-state index in [2.05, 4.69) is 0 Å². The lowest BCUT2D eigenvalue weighted by atomic mass is 10.2. The number of rotatable bonds is 7. The van der Waals surface area contributed by atoms with Crippen molar-refractivity contribution in [3.63, 3.8) is 0 Å². The summed E-state index contributed by atoms with van der Waals surface area (Å²) >= 11 is 5.32. The molecule has 0 aliphatic heterocycles. The van der Waals surface area contributed by atoms with Crippen LogP contribution in [0.15, 0.2) is 0 Å². The van der Waals surface area contributed by atoms with Gasteiger partial charge in [0, 0.05) is 12.4 Å². The Labute approximate surface area is 105 Å². The molecule has 0 aromatic rings. The molecule has 0 spiro atoms. The largest absolute Gasteiger partial charge is 0.402 e. The fraction of sp³-hybridized carbons (Fsp3) is 1.00. The summed E-state index contributed by atoms with van der Waals surface area (Å²) in [7, 11) is -3.88. The highest BCUT2D eigenvalue weighted by atomic mass is 35.5. The minimum atomic E-state index is -4.54. The normalized spacial score (nSPS) is 13.6. The molecule has 0 heterocycles. The van der Waals surface area contributed by atoms with Gasteiger partial charge in [0.2, 0.25) is 10.0 Å². The van der Waals surface area contributed by atoms with E-state index >= 15 is 0 Å². The molecule has 0 saturated heterocycles. The number of nitrogens with zero attached hydrogens (tertiary/aromatic N) is 1. The summed E-state index contributed by atoms with van der Waals surface area (Å²) < 4.78 is 60.4. The Kier molecular flexibility index (Phi) is 6.79. The second-order valence-corrected chi connectivity index (χ2v) is 6.60. The van der Waals surface area contributed by atoms with Gasteiger partial charge in [0.1, 0.15) is 6.54 Å².